The number of carbonyl (C=O) groups is 2. The maximum atomic E-state index is 11.8. The Morgan fingerprint density at radius 1 is 1.59 bits per heavy atom. The smallest absolute Gasteiger partial charge is 0.410 e. The van der Waals surface area contributed by atoms with Crippen molar-refractivity contribution >= 4 is 11.9 Å². The van der Waals surface area contributed by atoms with Gasteiger partial charge in [-0.3, -0.25) is 4.79 Å². The van der Waals surface area contributed by atoms with Gasteiger partial charge in [0, 0.05) is 19.5 Å². The summed E-state index contributed by atoms with van der Waals surface area (Å²) in [6, 6.07) is 0. The molecular formula is C13H19NO3. The third-order valence-corrected chi connectivity index (χ3v) is 2.43. The first-order chi connectivity index (χ1) is 7.83. The monoisotopic (exact) mass is 237 g/mol. The van der Waals surface area contributed by atoms with E-state index in [0.29, 0.717) is 19.5 Å². The number of hydrogen-bond donors (Lipinski definition) is 0. The van der Waals surface area contributed by atoms with E-state index in [1.807, 2.05) is 20.8 Å². The predicted molar refractivity (Wildman–Crippen MR) is 64.6 cm³/mol. The minimum Gasteiger partial charge on any atom is -0.444 e. The van der Waals surface area contributed by atoms with Crippen LogP contribution in [-0.4, -0.2) is 35.5 Å². The van der Waals surface area contributed by atoms with Crippen LogP contribution in [0.15, 0.2) is 18.4 Å². The summed E-state index contributed by atoms with van der Waals surface area (Å²) in [7, 11) is 0. The summed E-state index contributed by atoms with van der Waals surface area (Å²) in [5.41, 5.74) is 2.09. The summed E-state index contributed by atoms with van der Waals surface area (Å²) < 4.78 is 5.26. The molecule has 1 aliphatic rings. The van der Waals surface area contributed by atoms with Crippen LogP contribution in [-0.2, 0) is 9.53 Å². The normalized spacial score (nSPS) is 20.8. The minimum absolute atomic E-state index is 0.126. The maximum Gasteiger partial charge on any atom is 0.410 e. The summed E-state index contributed by atoms with van der Waals surface area (Å²) in [6.07, 6.45) is 1.61. The lowest BCUT2D eigenvalue weighted by Crippen LogP contribution is -2.45. The van der Waals surface area contributed by atoms with Gasteiger partial charge in [0.25, 0.3) is 0 Å². The van der Waals surface area contributed by atoms with Gasteiger partial charge in [-0.2, -0.15) is 0 Å². The standard InChI is InChI=1S/C13H19NO3/c1-5-6-10-9-14(8-7-11(10)15)12(16)17-13(2,3)4/h6,10H,1,7-9H2,2-4H3/t10-/m1/s1. The first-order valence-corrected chi connectivity index (χ1v) is 5.70. The Labute approximate surface area is 102 Å². The third-order valence-electron chi connectivity index (χ3n) is 2.43. The molecule has 0 unspecified atom stereocenters. The van der Waals surface area contributed by atoms with Gasteiger partial charge in [0.15, 0.2) is 0 Å². The zero-order valence-corrected chi connectivity index (χ0v) is 10.7. The van der Waals surface area contributed by atoms with Crippen LogP contribution >= 0.6 is 0 Å². The second-order valence-electron chi connectivity index (χ2n) is 5.12. The zero-order valence-electron chi connectivity index (χ0n) is 10.7. The SMILES string of the molecule is C=C=C[C@@H]1CN(C(=O)OC(C)(C)C)CCC1=O. The Balaban J connectivity index is 2.65. The number of ether oxygens (including phenoxy) is 1. The van der Waals surface area contributed by atoms with Gasteiger partial charge in [-0.15, -0.1) is 5.73 Å². The summed E-state index contributed by atoms with van der Waals surface area (Å²) >= 11 is 0. The molecule has 1 saturated heterocycles. The van der Waals surface area contributed by atoms with Crippen molar-refractivity contribution in [2.24, 2.45) is 5.92 Å². The van der Waals surface area contributed by atoms with Crippen LogP contribution in [0.5, 0.6) is 0 Å². The van der Waals surface area contributed by atoms with E-state index in [-0.39, 0.29) is 17.8 Å². The fourth-order valence-electron chi connectivity index (χ4n) is 1.64. The number of Topliss-reactive ketones (excluding diaryl/α,β-unsaturated/α-hetero) is 1. The van der Waals surface area contributed by atoms with E-state index in [2.05, 4.69) is 12.3 Å². The van der Waals surface area contributed by atoms with Crippen molar-refractivity contribution in [2.45, 2.75) is 32.8 Å². The molecule has 1 heterocycles. The van der Waals surface area contributed by atoms with Gasteiger partial charge in [0.1, 0.15) is 11.4 Å². The topological polar surface area (TPSA) is 46.6 Å². The van der Waals surface area contributed by atoms with Gasteiger partial charge < -0.3 is 9.64 Å². The highest BCUT2D eigenvalue weighted by Gasteiger charge is 2.30. The molecule has 4 nitrogen and oxygen atoms in total. The van der Waals surface area contributed by atoms with Crippen LogP contribution in [0, 0.1) is 5.92 Å². The summed E-state index contributed by atoms with van der Waals surface area (Å²) in [6.45, 7) is 9.70. The molecule has 0 aliphatic carbocycles. The first-order valence-electron chi connectivity index (χ1n) is 5.70. The van der Waals surface area contributed by atoms with Crippen molar-refractivity contribution in [3.63, 3.8) is 0 Å². The summed E-state index contributed by atoms with van der Waals surface area (Å²) in [5.74, 6) is -0.172. The van der Waals surface area contributed by atoms with E-state index in [1.165, 1.54) is 0 Å². The molecule has 1 amide bonds. The van der Waals surface area contributed by atoms with Crippen molar-refractivity contribution in [3.05, 3.63) is 18.4 Å². The molecule has 1 fully saturated rings. The molecule has 0 bridgehead atoms. The third kappa shape index (κ3) is 4.08. The number of ketones is 1. The van der Waals surface area contributed by atoms with Crippen molar-refractivity contribution in [2.75, 3.05) is 13.1 Å². The molecule has 0 radical (unpaired) electrons. The van der Waals surface area contributed by atoms with Crippen LogP contribution in [0.1, 0.15) is 27.2 Å². The maximum absolute atomic E-state index is 11.8. The second-order valence-corrected chi connectivity index (χ2v) is 5.12. The van der Waals surface area contributed by atoms with Crippen molar-refractivity contribution in [1.82, 2.24) is 4.90 Å². The van der Waals surface area contributed by atoms with Crippen molar-refractivity contribution in [1.29, 1.82) is 0 Å². The average molecular weight is 237 g/mol. The quantitative estimate of drug-likeness (QED) is 0.656. The lowest BCUT2D eigenvalue weighted by molar-refractivity contribution is -0.124. The number of rotatable bonds is 1. The van der Waals surface area contributed by atoms with Gasteiger partial charge in [-0.1, -0.05) is 6.58 Å². The molecule has 0 spiro atoms. The Bertz CT molecular complexity index is 361. The van der Waals surface area contributed by atoms with Gasteiger partial charge in [-0.05, 0) is 26.8 Å². The Morgan fingerprint density at radius 2 is 2.24 bits per heavy atom. The molecule has 0 aromatic carbocycles. The summed E-state index contributed by atoms with van der Waals surface area (Å²) in [4.78, 5) is 24.9. The number of amides is 1. The zero-order chi connectivity index (χ0) is 13.1. The molecular weight excluding hydrogens is 218 g/mol. The van der Waals surface area contributed by atoms with E-state index in [1.54, 1.807) is 11.0 Å². The van der Waals surface area contributed by atoms with E-state index < -0.39 is 5.60 Å². The van der Waals surface area contributed by atoms with Gasteiger partial charge in [-0.25, -0.2) is 4.79 Å². The molecule has 0 N–H and O–H groups in total. The number of hydrogen-bond acceptors (Lipinski definition) is 3. The van der Waals surface area contributed by atoms with E-state index >= 15 is 0 Å². The van der Waals surface area contributed by atoms with Gasteiger partial charge in [0.2, 0.25) is 0 Å². The highest BCUT2D eigenvalue weighted by atomic mass is 16.6. The molecule has 1 aliphatic heterocycles. The molecule has 4 heteroatoms. The largest absolute Gasteiger partial charge is 0.444 e. The number of carbonyl (C=O) groups excluding carboxylic acids is 2. The van der Waals surface area contributed by atoms with Crippen molar-refractivity contribution in [3.8, 4) is 0 Å². The molecule has 0 saturated carbocycles. The van der Waals surface area contributed by atoms with Crippen LogP contribution in [0.2, 0.25) is 0 Å². The first kappa shape index (κ1) is 13.5. The molecule has 0 aromatic rings. The lowest BCUT2D eigenvalue weighted by Gasteiger charge is -2.32. The van der Waals surface area contributed by atoms with E-state index in [0.717, 1.165) is 0 Å². The molecule has 0 aromatic heterocycles. The van der Waals surface area contributed by atoms with E-state index in [9.17, 15) is 9.59 Å². The molecule has 17 heavy (non-hydrogen) atoms. The Morgan fingerprint density at radius 3 is 2.76 bits per heavy atom. The number of nitrogens with zero attached hydrogens (tertiary/aromatic N) is 1. The minimum atomic E-state index is -0.512. The number of likely N-dealkylation sites (tertiary alicyclic amines) is 1. The van der Waals surface area contributed by atoms with Gasteiger partial charge >= 0.3 is 6.09 Å². The van der Waals surface area contributed by atoms with E-state index in [4.69, 9.17) is 4.74 Å². The molecule has 1 rings (SSSR count). The number of piperidine rings is 1. The van der Waals surface area contributed by atoms with Crippen LogP contribution < -0.4 is 0 Å². The van der Waals surface area contributed by atoms with Gasteiger partial charge in [0.05, 0.1) is 5.92 Å². The fraction of sp³-hybridized carbons (Fsp3) is 0.615. The summed E-state index contributed by atoms with van der Waals surface area (Å²) in [5, 5.41) is 0. The lowest BCUT2D eigenvalue weighted by atomic mass is 9.97. The molecule has 94 valence electrons. The highest BCUT2D eigenvalue weighted by molar-refractivity contribution is 5.85. The Kier molecular flexibility index (Phi) is 4.13. The van der Waals surface area contributed by atoms with Crippen LogP contribution in [0.3, 0.4) is 0 Å². The van der Waals surface area contributed by atoms with Crippen LogP contribution in [0.4, 0.5) is 4.79 Å². The van der Waals surface area contributed by atoms with Crippen LogP contribution in [0.25, 0.3) is 0 Å². The van der Waals surface area contributed by atoms with Crippen molar-refractivity contribution < 1.29 is 14.3 Å². The predicted octanol–water partition coefficient (Wildman–Crippen LogP) is 2.15. The second kappa shape index (κ2) is 5.19. The molecule has 1 atom stereocenters. The highest BCUT2D eigenvalue weighted by Crippen LogP contribution is 2.17. The average Bonchev–Trinajstić information content (AvgIpc) is 2.19. The Hall–Kier alpha value is -1.54. The fourth-order valence-corrected chi connectivity index (χ4v) is 1.64.